The van der Waals surface area contributed by atoms with E-state index in [2.05, 4.69) is 4.90 Å². The summed E-state index contributed by atoms with van der Waals surface area (Å²) in [5.41, 5.74) is 2.54. The zero-order valence-electron chi connectivity index (χ0n) is 30.1. The molecule has 0 radical (unpaired) electrons. The fourth-order valence-corrected chi connectivity index (χ4v) is 9.08. The van der Waals surface area contributed by atoms with Gasteiger partial charge in [0.05, 0.1) is 35.8 Å². The number of sulfonamides is 1. The number of hydrogen-bond donors (Lipinski definition) is 2. The number of fused-ring (bicyclic) bond motifs is 3. The highest BCUT2D eigenvalue weighted by Crippen LogP contribution is 2.49. The fourth-order valence-electron chi connectivity index (χ4n) is 7.91. The number of hydrogen-bond acceptors (Lipinski definition) is 9. The average molecular weight is 765 g/mol. The largest absolute Gasteiger partial charge is 0.487 e. The van der Waals surface area contributed by atoms with E-state index in [4.69, 9.17) is 31.0 Å². The molecule has 3 aliphatic rings. The summed E-state index contributed by atoms with van der Waals surface area (Å²) in [5.74, 6) is -2.54. The number of aromatic carboxylic acids is 1. The Morgan fingerprint density at radius 2 is 1.87 bits per heavy atom. The molecule has 1 unspecified atom stereocenters. The molecule has 1 saturated heterocycles. The summed E-state index contributed by atoms with van der Waals surface area (Å²) in [6.45, 7) is 3.91. The van der Waals surface area contributed by atoms with E-state index in [-0.39, 0.29) is 50.6 Å². The number of carbonyl (C=O) groups excluding carboxylic acids is 1. The summed E-state index contributed by atoms with van der Waals surface area (Å²) in [7, 11) is -0.741. The van der Waals surface area contributed by atoms with Gasteiger partial charge in [-0.25, -0.2) is 22.7 Å². The molecule has 5 rings (SSSR count). The molecule has 0 aromatic heterocycles. The van der Waals surface area contributed by atoms with Crippen molar-refractivity contribution in [3.05, 3.63) is 69.5 Å². The number of benzene rings is 2. The molecule has 3 atom stereocenters. The maximum Gasteiger partial charge on any atom is 0.335 e. The highest BCUT2D eigenvalue weighted by Gasteiger charge is 2.52. The number of carboxylic acids is 1. The van der Waals surface area contributed by atoms with E-state index < -0.39 is 45.2 Å². The molecule has 52 heavy (non-hydrogen) atoms. The number of halogens is 2. The lowest BCUT2D eigenvalue weighted by Gasteiger charge is -2.47. The van der Waals surface area contributed by atoms with Crippen molar-refractivity contribution in [1.82, 2.24) is 9.80 Å². The molecular weight excluding hydrogens is 715 g/mol. The molecule has 1 amide bonds. The van der Waals surface area contributed by atoms with Crippen LogP contribution in [-0.4, -0.2) is 107 Å². The summed E-state index contributed by atoms with van der Waals surface area (Å²) < 4.78 is 58.0. The molecule has 3 N–H and O–H groups in total. The molecule has 0 aliphatic carbocycles. The molecule has 3 aliphatic heterocycles. The van der Waals surface area contributed by atoms with Gasteiger partial charge in [0.15, 0.2) is 0 Å². The van der Waals surface area contributed by atoms with Gasteiger partial charge < -0.3 is 29.1 Å². The predicted molar refractivity (Wildman–Crippen MR) is 197 cm³/mol. The first-order valence-corrected chi connectivity index (χ1v) is 19.8. The van der Waals surface area contributed by atoms with Crippen molar-refractivity contribution >= 4 is 39.2 Å². The monoisotopic (exact) mass is 764 g/mol. The summed E-state index contributed by atoms with van der Waals surface area (Å²) in [5, 5.41) is 15.8. The number of rotatable bonds is 14. The van der Waals surface area contributed by atoms with Gasteiger partial charge >= 0.3 is 5.97 Å². The third-order valence-electron chi connectivity index (χ3n) is 10.3. The number of likely N-dealkylation sites (tertiary alicyclic amines) is 1. The van der Waals surface area contributed by atoms with Crippen LogP contribution in [-0.2, 0) is 42.9 Å². The number of carboxylic acid groups (broad SMARTS) is 1. The van der Waals surface area contributed by atoms with Gasteiger partial charge in [0.2, 0.25) is 15.9 Å². The summed E-state index contributed by atoms with van der Waals surface area (Å²) >= 11 is 6.88. The summed E-state index contributed by atoms with van der Waals surface area (Å²) in [4.78, 5) is 32.6. The maximum atomic E-state index is 17.1. The van der Waals surface area contributed by atoms with E-state index >= 15 is 4.39 Å². The van der Waals surface area contributed by atoms with Crippen molar-refractivity contribution in [2.45, 2.75) is 63.6 Å². The van der Waals surface area contributed by atoms with Crippen LogP contribution in [0.15, 0.2) is 42.2 Å². The molecule has 2 aromatic rings. The van der Waals surface area contributed by atoms with E-state index in [0.29, 0.717) is 48.9 Å². The van der Waals surface area contributed by atoms with Crippen LogP contribution in [0.1, 0.15) is 66.1 Å². The number of anilines is 1. The Labute approximate surface area is 310 Å². The topological polar surface area (TPSA) is 152 Å². The van der Waals surface area contributed by atoms with E-state index in [1.807, 2.05) is 17.0 Å². The van der Waals surface area contributed by atoms with Crippen molar-refractivity contribution in [3.8, 4) is 5.75 Å². The minimum atomic E-state index is -3.80. The highest BCUT2D eigenvalue weighted by atomic mass is 35.5. The second-order valence-corrected chi connectivity index (χ2v) is 16.1. The Morgan fingerprint density at radius 1 is 1.13 bits per heavy atom. The van der Waals surface area contributed by atoms with Crippen LogP contribution in [0, 0.1) is 5.92 Å². The minimum absolute atomic E-state index is 0.0426. The van der Waals surface area contributed by atoms with E-state index in [1.165, 1.54) is 26.4 Å². The van der Waals surface area contributed by atoms with Gasteiger partial charge in [-0.15, -0.1) is 0 Å². The predicted octanol–water partition coefficient (Wildman–Crippen LogP) is 4.72. The van der Waals surface area contributed by atoms with Gasteiger partial charge in [0, 0.05) is 52.0 Å². The Hall–Kier alpha value is -3.27. The molecule has 15 heteroatoms. The number of aryl methyl sites for hydroxylation is 1. The van der Waals surface area contributed by atoms with E-state index in [0.717, 1.165) is 36.0 Å². The lowest BCUT2D eigenvalue weighted by Crippen LogP contribution is -2.59. The number of amides is 1. The van der Waals surface area contributed by atoms with Gasteiger partial charge in [-0.1, -0.05) is 24.6 Å². The van der Waals surface area contributed by atoms with Gasteiger partial charge in [-0.2, -0.15) is 0 Å². The van der Waals surface area contributed by atoms with E-state index in [1.54, 1.807) is 24.0 Å². The fraction of sp³-hybridized carbons (Fsp3) is 0.568. The van der Waals surface area contributed by atoms with Gasteiger partial charge in [0.1, 0.15) is 24.2 Å². The quantitative estimate of drug-likeness (QED) is 0.277. The van der Waals surface area contributed by atoms with Crippen LogP contribution in [0.25, 0.3) is 0 Å². The van der Waals surface area contributed by atoms with Gasteiger partial charge in [0.25, 0.3) is 0 Å². The number of allylic oxidation sites excluding steroid dienone is 1. The third-order valence-corrected chi connectivity index (χ3v) is 11.6. The highest BCUT2D eigenvalue weighted by molar-refractivity contribution is 7.89. The lowest BCUT2D eigenvalue weighted by atomic mass is 9.79. The SMILES string of the molecule is COCCN(CCOC)C(=O)C(/C(F)=C/C[C@H](C)CS(N)(=O)=O)N1CCC[C@@]12CN1CCCCc3cc(Cl)cc2c3COc2ccc(C(=O)O)cc21. The van der Waals surface area contributed by atoms with Crippen molar-refractivity contribution in [2.24, 2.45) is 11.1 Å². The number of nitrogens with two attached hydrogens (primary N) is 1. The molecule has 3 heterocycles. The van der Waals surface area contributed by atoms with Gasteiger partial charge in [-0.05, 0) is 91.5 Å². The van der Waals surface area contributed by atoms with Gasteiger partial charge in [-0.3, -0.25) is 9.69 Å². The van der Waals surface area contributed by atoms with Crippen LogP contribution < -0.4 is 14.8 Å². The number of ether oxygens (including phenoxy) is 3. The van der Waals surface area contributed by atoms with Crippen LogP contribution >= 0.6 is 11.6 Å². The van der Waals surface area contributed by atoms with Crippen LogP contribution in [0.5, 0.6) is 5.75 Å². The standard InChI is InChI=1S/C37H50ClFN4O8S/c1-25(23-52(40,47)48)8-10-31(39)34(35(44)41(15-17-49-2)16-18-50-3)43-14-6-12-37(43)24-42-13-5-4-7-26-19-28(38)21-30(37)29(26)22-51-33-11-9-27(36(45)46)20-32(33)42/h9-11,19-21,25,34H,4-8,12-18,22-24H2,1-3H3,(H,45,46)(H2,40,47,48)/b31-10-/t25-,34?,37-/m0/s1. The number of methoxy groups -OCH3 is 2. The Bertz CT molecular complexity index is 1750. The van der Waals surface area contributed by atoms with E-state index in [9.17, 15) is 23.1 Å². The molecule has 4 bridgehead atoms. The third kappa shape index (κ3) is 9.08. The Morgan fingerprint density at radius 3 is 2.54 bits per heavy atom. The molecule has 0 saturated carbocycles. The van der Waals surface area contributed by atoms with Crippen molar-refractivity contribution in [1.29, 1.82) is 0 Å². The Kier molecular flexibility index (Phi) is 13.2. The second-order valence-electron chi connectivity index (χ2n) is 14.0. The summed E-state index contributed by atoms with van der Waals surface area (Å²) in [6.07, 6.45) is 4.92. The minimum Gasteiger partial charge on any atom is -0.487 e. The molecule has 1 fully saturated rings. The Balaban J connectivity index is 1.72. The first-order valence-electron chi connectivity index (χ1n) is 17.7. The van der Waals surface area contributed by atoms with Crippen molar-refractivity contribution in [2.75, 3.05) is 70.8 Å². The second kappa shape index (κ2) is 17.3. The average Bonchev–Trinajstić information content (AvgIpc) is 3.50. The number of carbonyl (C=O) groups is 2. The molecule has 1 spiro atoms. The van der Waals surface area contributed by atoms with Crippen molar-refractivity contribution < 1.29 is 41.7 Å². The molecule has 12 nitrogen and oxygen atoms in total. The lowest BCUT2D eigenvalue weighted by molar-refractivity contribution is -0.139. The van der Waals surface area contributed by atoms with Crippen LogP contribution in [0.4, 0.5) is 10.1 Å². The van der Waals surface area contributed by atoms with Crippen LogP contribution in [0.3, 0.4) is 0 Å². The maximum absolute atomic E-state index is 17.1. The molecular formula is C37H50ClFN4O8S. The van der Waals surface area contributed by atoms with Crippen LogP contribution in [0.2, 0.25) is 5.02 Å². The summed E-state index contributed by atoms with van der Waals surface area (Å²) in [6, 6.07) is 7.31. The zero-order valence-corrected chi connectivity index (χ0v) is 31.7. The first kappa shape index (κ1) is 39.9. The zero-order chi connectivity index (χ0) is 37.6. The number of primary sulfonamides is 1. The molecule has 2 aromatic carbocycles. The van der Waals surface area contributed by atoms with Crippen molar-refractivity contribution in [3.63, 3.8) is 0 Å². The molecule has 286 valence electrons. The first-order chi connectivity index (χ1) is 24.8. The normalized spacial score (nSPS) is 20.5. The smallest absolute Gasteiger partial charge is 0.335 e. The number of nitrogens with zero attached hydrogens (tertiary/aromatic N) is 3.